The summed E-state index contributed by atoms with van der Waals surface area (Å²) < 4.78 is 28.6. The van der Waals surface area contributed by atoms with Crippen LogP contribution in [-0.2, 0) is 10.0 Å². The highest BCUT2D eigenvalue weighted by atomic mass is 35.5. The van der Waals surface area contributed by atoms with Crippen LogP contribution in [0, 0.1) is 6.92 Å². The predicted octanol–water partition coefficient (Wildman–Crippen LogP) is 6.06. The number of sulfonamides is 1. The van der Waals surface area contributed by atoms with Crippen LogP contribution >= 0.6 is 22.9 Å². The van der Waals surface area contributed by atoms with E-state index < -0.39 is 10.0 Å². The number of aromatic nitrogens is 1. The van der Waals surface area contributed by atoms with E-state index in [0.29, 0.717) is 41.9 Å². The van der Waals surface area contributed by atoms with E-state index in [4.69, 9.17) is 16.6 Å². The molecule has 10 heteroatoms. The summed E-state index contributed by atoms with van der Waals surface area (Å²) in [7, 11) is -3.61. The van der Waals surface area contributed by atoms with E-state index in [1.165, 1.54) is 27.8 Å². The maximum Gasteiger partial charge on any atom is 0.260 e. The molecule has 0 saturated carbocycles. The number of aryl methyl sites for hydroxylation is 1. The van der Waals surface area contributed by atoms with Crippen molar-refractivity contribution in [1.29, 1.82) is 0 Å². The van der Waals surface area contributed by atoms with Crippen LogP contribution in [0.1, 0.15) is 56.5 Å². The van der Waals surface area contributed by atoms with Gasteiger partial charge in [-0.3, -0.25) is 9.69 Å². The van der Waals surface area contributed by atoms with Crippen LogP contribution < -0.4 is 4.90 Å². The number of rotatable bonds is 13. The van der Waals surface area contributed by atoms with Crippen LogP contribution in [0.3, 0.4) is 0 Å². The lowest BCUT2D eigenvalue weighted by Gasteiger charge is -2.25. The van der Waals surface area contributed by atoms with Gasteiger partial charge in [0.1, 0.15) is 0 Å². The number of halogens is 1. The average Bonchev–Trinajstić information content (AvgIpc) is 3.31. The van der Waals surface area contributed by atoms with Crippen LogP contribution in [0.4, 0.5) is 5.13 Å². The fourth-order valence-corrected chi connectivity index (χ4v) is 7.11. The molecule has 3 rings (SSSR count). The minimum absolute atomic E-state index is 0.196. The summed E-state index contributed by atoms with van der Waals surface area (Å²) in [4.78, 5) is 22.7. The van der Waals surface area contributed by atoms with Crippen molar-refractivity contribution < 1.29 is 13.2 Å². The number of fused-ring (bicyclic) bond motifs is 1. The number of likely N-dealkylation sites (N-methyl/N-ethyl adjacent to an activating group) is 1. The standard InChI is InChI=1S/C27H37ClN4O3S2/c1-6-10-15-31(9-4)37(34,35)23-13-11-21(12-14-23)26(33)32(17-16-30(7-2)8-3)27-29-25-20(5)18-22(28)19-24(25)36-27/h11-14,18-19H,6-10,15-17H2,1-5H3. The van der Waals surface area contributed by atoms with Gasteiger partial charge in [0.25, 0.3) is 5.91 Å². The summed E-state index contributed by atoms with van der Waals surface area (Å²) >= 11 is 7.70. The molecule has 0 aliphatic carbocycles. The van der Waals surface area contributed by atoms with Crippen molar-refractivity contribution >= 4 is 54.2 Å². The fourth-order valence-electron chi connectivity index (χ4n) is 4.18. The number of carbonyl (C=O) groups is 1. The number of nitrogens with zero attached hydrogens (tertiary/aromatic N) is 4. The molecule has 0 unspecified atom stereocenters. The topological polar surface area (TPSA) is 73.8 Å². The number of unbranched alkanes of at least 4 members (excludes halogenated alkanes) is 1. The monoisotopic (exact) mass is 564 g/mol. The molecule has 0 aliphatic heterocycles. The summed E-state index contributed by atoms with van der Waals surface area (Å²) in [6.45, 7) is 13.8. The van der Waals surface area contributed by atoms with Crippen molar-refractivity contribution in [3.63, 3.8) is 0 Å². The second kappa shape index (κ2) is 13.2. The Hall–Kier alpha value is -2.04. The molecule has 0 N–H and O–H groups in total. The van der Waals surface area contributed by atoms with E-state index in [1.54, 1.807) is 17.0 Å². The quantitative estimate of drug-likeness (QED) is 0.252. The molecule has 0 bridgehead atoms. The highest BCUT2D eigenvalue weighted by Gasteiger charge is 2.25. The molecule has 0 atom stereocenters. The van der Waals surface area contributed by atoms with Gasteiger partial charge in [-0.05, 0) is 68.4 Å². The number of amides is 1. The van der Waals surface area contributed by atoms with E-state index in [2.05, 4.69) is 18.7 Å². The Morgan fingerprint density at radius 2 is 1.65 bits per heavy atom. The highest BCUT2D eigenvalue weighted by Crippen LogP contribution is 2.33. The van der Waals surface area contributed by atoms with Gasteiger partial charge in [0.05, 0.1) is 15.1 Å². The first kappa shape index (κ1) is 29.5. The lowest BCUT2D eigenvalue weighted by Crippen LogP contribution is -2.39. The molecule has 2 aromatic carbocycles. The van der Waals surface area contributed by atoms with E-state index >= 15 is 0 Å². The third-order valence-corrected chi connectivity index (χ3v) is 9.73. The largest absolute Gasteiger partial charge is 0.302 e. The number of hydrogen-bond acceptors (Lipinski definition) is 6. The first-order chi connectivity index (χ1) is 17.7. The zero-order valence-electron chi connectivity index (χ0n) is 22.3. The third-order valence-electron chi connectivity index (χ3n) is 6.50. The number of carbonyl (C=O) groups excluding carboxylic acids is 1. The molecule has 0 radical (unpaired) electrons. The Morgan fingerprint density at radius 1 is 0.973 bits per heavy atom. The molecule has 1 amide bonds. The summed E-state index contributed by atoms with van der Waals surface area (Å²) in [5.74, 6) is -0.211. The summed E-state index contributed by atoms with van der Waals surface area (Å²) in [6.07, 6.45) is 1.72. The third kappa shape index (κ3) is 6.89. The van der Waals surface area contributed by atoms with Crippen LogP contribution in [-0.4, -0.2) is 67.8 Å². The van der Waals surface area contributed by atoms with Crippen molar-refractivity contribution in [2.45, 2.75) is 52.4 Å². The SMILES string of the molecule is CCCCN(CC)S(=O)(=O)c1ccc(C(=O)N(CCN(CC)CC)c2nc3c(C)cc(Cl)cc3s2)cc1. The summed E-state index contributed by atoms with van der Waals surface area (Å²) in [5, 5.41) is 1.24. The fraction of sp³-hybridized carbons (Fsp3) is 0.481. The van der Waals surface area contributed by atoms with Gasteiger partial charge in [0.15, 0.2) is 5.13 Å². The second-order valence-electron chi connectivity index (χ2n) is 8.92. The molecule has 0 saturated heterocycles. The van der Waals surface area contributed by atoms with E-state index in [-0.39, 0.29) is 10.8 Å². The van der Waals surface area contributed by atoms with Crippen molar-refractivity contribution in [3.05, 3.63) is 52.5 Å². The van der Waals surface area contributed by atoms with Gasteiger partial charge in [-0.1, -0.05) is 57.1 Å². The zero-order valence-corrected chi connectivity index (χ0v) is 24.7. The number of hydrogen-bond donors (Lipinski definition) is 0. The van der Waals surface area contributed by atoms with E-state index in [1.807, 2.05) is 32.9 Å². The summed E-state index contributed by atoms with van der Waals surface area (Å²) in [6, 6.07) is 10.00. The summed E-state index contributed by atoms with van der Waals surface area (Å²) in [5.41, 5.74) is 2.21. The molecule has 202 valence electrons. The van der Waals surface area contributed by atoms with Crippen molar-refractivity contribution in [1.82, 2.24) is 14.2 Å². The number of anilines is 1. The van der Waals surface area contributed by atoms with Crippen molar-refractivity contribution in [3.8, 4) is 0 Å². The molecule has 0 spiro atoms. The van der Waals surface area contributed by atoms with Gasteiger partial charge in [-0.2, -0.15) is 4.31 Å². The van der Waals surface area contributed by atoms with Crippen LogP contribution in [0.15, 0.2) is 41.3 Å². The molecule has 1 heterocycles. The normalized spacial score (nSPS) is 12.1. The molecular formula is C27H37ClN4O3S2. The van der Waals surface area contributed by atoms with Gasteiger partial charge < -0.3 is 4.90 Å². The predicted molar refractivity (Wildman–Crippen MR) is 155 cm³/mol. The maximum atomic E-state index is 13.7. The lowest BCUT2D eigenvalue weighted by atomic mass is 10.2. The molecule has 37 heavy (non-hydrogen) atoms. The Morgan fingerprint density at radius 3 is 2.24 bits per heavy atom. The molecule has 3 aromatic rings. The zero-order chi connectivity index (χ0) is 27.2. The van der Waals surface area contributed by atoms with E-state index in [0.717, 1.165) is 41.7 Å². The number of thiazole rings is 1. The average molecular weight is 565 g/mol. The first-order valence-electron chi connectivity index (χ1n) is 12.9. The van der Waals surface area contributed by atoms with Crippen LogP contribution in [0.5, 0.6) is 0 Å². The smallest absolute Gasteiger partial charge is 0.260 e. The first-order valence-corrected chi connectivity index (χ1v) is 15.5. The molecule has 0 fully saturated rings. The Kier molecular flexibility index (Phi) is 10.5. The minimum atomic E-state index is -3.61. The highest BCUT2D eigenvalue weighted by molar-refractivity contribution is 7.89. The van der Waals surface area contributed by atoms with Crippen LogP contribution in [0.2, 0.25) is 5.02 Å². The molecule has 0 aliphatic rings. The Balaban J connectivity index is 1.94. The van der Waals surface area contributed by atoms with Crippen molar-refractivity contribution in [2.75, 3.05) is 44.2 Å². The van der Waals surface area contributed by atoms with Crippen LogP contribution in [0.25, 0.3) is 10.2 Å². The van der Waals surface area contributed by atoms with Gasteiger partial charge in [-0.15, -0.1) is 0 Å². The van der Waals surface area contributed by atoms with Gasteiger partial charge >= 0.3 is 0 Å². The van der Waals surface area contributed by atoms with Gasteiger partial charge in [-0.25, -0.2) is 13.4 Å². The minimum Gasteiger partial charge on any atom is -0.302 e. The van der Waals surface area contributed by atoms with E-state index in [9.17, 15) is 13.2 Å². The second-order valence-corrected chi connectivity index (χ2v) is 12.3. The maximum absolute atomic E-state index is 13.7. The molecule has 1 aromatic heterocycles. The van der Waals surface area contributed by atoms with Crippen molar-refractivity contribution in [2.24, 2.45) is 0 Å². The lowest BCUT2D eigenvalue weighted by molar-refractivity contribution is 0.0983. The Labute approximate surface area is 230 Å². The molecular weight excluding hydrogens is 528 g/mol. The van der Waals surface area contributed by atoms with Gasteiger partial charge in [0, 0.05) is 36.8 Å². The number of benzene rings is 2. The van der Waals surface area contributed by atoms with Gasteiger partial charge in [0.2, 0.25) is 10.0 Å². The Bertz CT molecular complexity index is 1310. The molecule has 7 nitrogen and oxygen atoms in total.